The van der Waals surface area contributed by atoms with E-state index in [2.05, 4.69) is 5.32 Å². The third kappa shape index (κ3) is 7.87. The molecule has 0 aromatic heterocycles. The molecule has 0 heterocycles. The lowest BCUT2D eigenvalue weighted by molar-refractivity contribution is -0.139. The Morgan fingerprint density at radius 1 is 0.977 bits per heavy atom. The van der Waals surface area contributed by atoms with Crippen molar-refractivity contribution < 1.29 is 27.5 Å². The number of hydrogen-bond donors (Lipinski definition) is 1. The highest BCUT2D eigenvalue weighted by molar-refractivity contribution is 7.92. The van der Waals surface area contributed by atoms with Crippen molar-refractivity contribution in [3.8, 4) is 11.5 Å². The zero-order valence-corrected chi connectivity index (χ0v) is 26.1. The zero-order valence-electron chi connectivity index (χ0n) is 25.3. The molecule has 1 aliphatic carbocycles. The number of sulfonamides is 1. The lowest BCUT2D eigenvalue weighted by Crippen LogP contribution is -2.52. The third-order valence-corrected chi connectivity index (χ3v) is 9.48. The van der Waals surface area contributed by atoms with E-state index in [4.69, 9.17) is 9.47 Å². The number of methoxy groups -OCH3 is 1. The average Bonchev–Trinajstić information content (AvgIpc) is 3.52. The van der Waals surface area contributed by atoms with Crippen molar-refractivity contribution in [2.45, 2.75) is 70.0 Å². The number of aryl methyl sites for hydroxylation is 1. The monoisotopic (exact) mass is 607 g/mol. The molecule has 2 amide bonds. The molecular formula is C33H41N3O6S. The highest BCUT2D eigenvalue weighted by Gasteiger charge is 2.34. The second-order valence-corrected chi connectivity index (χ2v) is 12.6. The zero-order chi connectivity index (χ0) is 31.0. The third-order valence-electron chi connectivity index (χ3n) is 7.70. The average molecular weight is 608 g/mol. The summed E-state index contributed by atoms with van der Waals surface area (Å²) in [5.41, 5.74) is 1.92. The van der Waals surface area contributed by atoms with Crippen LogP contribution in [0.25, 0.3) is 0 Å². The molecule has 0 aliphatic heterocycles. The van der Waals surface area contributed by atoms with Crippen LogP contribution in [0, 0.1) is 6.92 Å². The van der Waals surface area contributed by atoms with Crippen LogP contribution in [-0.4, -0.2) is 57.5 Å². The van der Waals surface area contributed by atoms with Gasteiger partial charge >= 0.3 is 0 Å². The number of para-hydroxylation sites is 2. The summed E-state index contributed by atoms with van der Waals surface area (Å²) in [5.74, 6) is 0.210. The quantitative estimate of drug-likeness (QED) is 0.291. The molecule has 10 heteroatoms. The molecular weight excluding hydrogens is 566 g/mol. The lowest BCUT2D eigenvalue weighted by Gasteiger charge is -2.33. The standard InChI is InChI=1S/C33H41N3O6S/c1-5-42-31-13-9-8-12-30(31)36(43(39,40)29-20-14-24(2)15-21-29)23-32(37)35(22-26-16-18-28(41-4)19-17-26)25(3)33(38)34-27-10-6-7-11-27/h8-9,12-21,25,27H,5-7,10-11,22-23H2,1-4H3,(H,34,38)/t25-/m1/s1. The Morgan fingerprint density at radius 2 is 1.63 bits per heavy atom. The van der Waals surface area contributed by atoms with Crippen LogP contribution in [0.5, 0.6) is 11.5 Å². The van der Waals surface area contributed by atoms with Gasteiger partial charge in [-0.15, -0.1) is 0 Å². The van der Waals surface area contributed by atoms with E-state index in [-0.39, 0.29) is 29.1 Å². The van der Waals surface area contributed by atoms with Gasteiger partial charge in [-0.25, -0.2) is 8.42 Å². The molecule has 3 aromatic rings. The second kappa shape index (κ2) is 14.4. The Bertz CT molecular complexity index is 1490. The van der Waals surface area contributed by atoms with Crippen molar-refractivity contribution >= 4 is 27.5 Å². The number of nitrogens with one attached hydrogen (secondary N) is 1. The van der Waals surface area contributed by atoms with Gasteiger partial charge in [0.05, 0.1) is 24.3 Å². The Balaban J connectivity index is 1.72. The maximum absolute atomic E-state index is 14.2. The SMILES string of the molecule is CCOc1ccccc1N(CC(=O)N(Cc1ccc(OC)cc1)[C@H](C)C(=O)NC1CCCC1)S(=O)(=O)c1ccc(C)cc1. The molecule has 3 aromatic carbocycles. The normalized spacial score (nSPS) is 14.1. The van der Waals surface area contributed by atoms with Gasteiger partial charge in [0.15, 0.2) is 0 Å². The van der Waals surface area contributed by atoms with E-state index in [0.29, 0.717) is 18.1 Å². The summed E-state index contributed by atoms with van der Waals surface area (Å²) in [6.07, 6.45) is 3.92. The van der Waals surface area contributed by atoms with Crippen LogP contribution in [0.1, 0.15) is 50.7 Å². The number of ether oxygens (including phenoxy) is 2. The first-order valence-corrected chi connectivity index (χ1v) is 16.1. The van der Waals surface area contributed by atoms with Crippen LogP contribution >= 0.6 is 0 Å². The first kappa shape index (κ1) is 31.9. The van der Waals surface area contributed by atoms with Crippen LogP contribution in [0.4, 0.5) is 5.69 Å². The molecule has 1 atom stereocenters. The van der Waals surface area contributed by atoms with Crippen LogP contribution in [0.15, 0.2) is 77.7 Å². The Hall–Kier alpha value is -4.05. The molecule has 230 valence electrons. The van der Waals surface area contributed by atoms with Gasteiger partial charge < -0.3 is 19.7 Å². The number of anilines is 1. The maximum Gasteiger partial charge on any atom is 0.264 e. The van der Waals surface area contributed by atoms with Crippen LogP contribution < -0.4 is 19.1 Å². The molecule has 0 unspecified atom stereocenters. The summed E-state index contributed by atoms with van der Waals surface area (Å²) in [6.45, 7) is 5.24. The van der Waals surface area contributed by atoms with Gasteiger partial charge in [-0.3, -0.25) is 13.9 Å². The van der Waals surface area contributed by atoms with Gasteiger partial charge in [-0.1, -0.05) is 54.8 Å². The minimum atomic E-state index is -4.20. The molecule has 1 fully saturated rings. The van der Waals surface area contributed by atoms with Crippen molar-refractivity contribution in [2.24, 2.45) is 0 Å². The molecule has 1 saturated carbocycles. The van der Waals surface area contributed by atoms with Gasteiger partial charge in [-0.2, -0.15) is 0 Å². The summed E-state index contributed by atoms with van der Waals surface area (Å²) >= 11 is 0. The van der Waals surface area contributed by atoms with Gasteiger partial charge in [0.2, 0.25) is 11.8 Å². The topological polar surface area (TPSA) is 105 Å². The maximum atomic E-state index is 14.2. The van der Waals surface area contributed by atoms with Gasteiger partial charge in [0, 0.05) is 12.6 Å². The first-order valence-electron chi connectivity index (χ1n) is 14.7. The number of carbonyl (C=O) groups is 2. The van der Waals surface area contributed by atoms with Crippen molar-refractivity contribution in [2.75, 3.05) is 24.6 Å². The first-order chi connectivity index (χ1) is 20.6. The Kier molecular flexibility index (Phi) is 10.7. The van der Waals surface area contributed by atoms with E-state index in [1.165, 1.54) is 17.0 Å². The number of hydrogen-bond acceptors (Lipinski definition) is 6. The van der Waals surface area contributed by atoms with Gasteiger partial charge in [0.25, 0.3) is 10.0 Å². The molecule has 0 saturated heterocycles. The molecule has 0 radical (unpaired) electrons. The summed E-state index contributed by atoms with van der Waals surface area (Å²) in [5, 5.41) is 3.09. The van der Waals surface area contributed by atoms with E-state index in [9.17, 15) is 18.0 Å². The fraction of sp³-hybridized carbons (Fsp3) is 0.394. The minimum absolute atomic E-state index is 0.0472. The number of benzene rings is 3. The lowest BCUT2D eigenvalue weighted by atomic mass is 10.1. The van der Waals surface area contributed by atoms with Crippen LogP contribution in [0.2, 0.25) is 0 Å². The summed E-state index contributed by atoms with van der Waals surface area (Å²) in [7, 11) is -2.63. The Labute approximate surface area is 254 Å². The van der Waals surface area contributed by atoms with E-state index in [1.807, 2.05) is 26.0 Å². The second-order valence-electron chi connectivity index (χ2n) is 10.8. The highest BCUT2D eigenvalue weighted by Crippen LogP contribution is 2.33. The van der Waals surface area contributed by atoms with Crippen molar-refractivity contribution in [1.29, 1.82) is 0 Å². The molecule has 0 spiro atoms. The van der Waals surface area contributed by atoms with Crippen LogP contribution in [0.3, 0.4) is 0 Å². The molecule has 4 rings (SSSR count). The molecule has 1 aliphatic rings. The molecule has 9 nitrogen and oxygen atoms in total. The van der Waals surface area contributed by atoms with Gasteiger partial charge in [-0.05, 0) is 75.6 Å². The number of carbonyl (C=O) groups excluding carboxylic acids is 2. The molecule has 0 bridgehead atoms. The van der Waals surface area contributed by atoms with Crippen molar-refractivity contribution in [3.05, 3.63) is 83.9 Å². The summed E-state index contributed by atoms with van der Waals surface area (Å²) in [4.78, 5) is 29.1. The molecule has 43 heavy (non-hydrogen) atoms. The summed E-state index contributed by atoms with van der Waals surface area (Å²) < 4.78 is 40.4. The number of nitrogens with zero attached hydrogens (tertiary/aromatic N) is 2. The van der Waals surface area contributed by atoms with Gasteiger partial charge in [0.1, 0.15) is 24.1 Å². The predicted octanol–water partition coefficient (Wildman–Crippen LogP) is 5.07. The van der Waals surface area contributed by atoms with Crippen LogP contribution in [-0.2, 0) is 26.2 Å². The smallest absolute Gasteiger partial charge is 0.264 e. The van der Waals surface area contributed by atoms with Crippen molar-refractivity contribution in [3.63, 3.8) is 0 Å². The van der Waals surface area contributed by atoms with Crippen molar-refractivity contribution in [1.82, 2.24) is 10.2 Å². The number of amides is 2. The highest BCUT2D eigenvalue weighted by atomic mass is 32.2. The fourth-order valence-corrected chi connectivity index (χ4v) is 6.62. The minimum Gasteiger partial charge on any atom is -0.497 e. The van der Waals surface area contributed by atoms with E-state index in [1.54, 1.807) is 62.6 Å². The predicted molar refractivity (Wildman–Crippen MR) is 167 cm³/mol. The van der Waals surface area contributed by atoms with E-state index in [0.717, 1.165) is 41.1 Å². The molecule has 1 N–H and O–H groups in total. The largest absolute Gasteiger partial charge is 0.497 e. The Morgan fingerprint density at radius 3 is 2.26 bits per heavy atom. The number of rotatable bonds is 13. The summed E-state index contributed by atoms with van der Waals surface area (Å²) in [6, 6.07) is 19.7. The van der Waals surface area contributed by atoms with E-state index < -0.39 is 28.5 Å². The fourth-order valence-electron chi connectivity index (χ4n) is 5.19. The van der Waals surface area contributed by atoms with E-state index >= 15 is 0 Å².